The maximum absolute atomic E-state index is 14.3. The van der Waals surface area contributed by atoms with Gasteiger partial charge in [0, 0.05) is 40.9 Å². The third-order valence-corrected chi connectivity index (χ3v) is 7.03. The van der Waals surface area contributed by atoms with Gasteiger partial charge in [0.2, 0.25) is 0 Å². The number of nitrogens with zero attached hydrogens (tertiary/aromatic N) is 1. The Hall–Kier alpha value is -4.47. The molecule has 39 heavy (non-hydrogen) atoms. The number of dihydropyridines is 1. The predicted molar refractivity (Wildman–Crippen MR) is 141 cm³/mol. The quantitative estimate of drug-likeness (QED) is 0.227. The van der Waals surface area contributed by atoms with Crippen LogP contribution in [0.4, 0.5) is 5.69 Å². The lowest BCUT2D eigenvalue weighted by Crippen LogP contribution is -2.43. The summed E-state index contributed by atoms with van der Waals surface area (Å²) in [4.78, 5) is 51.5. The second-order valence-corrected chi connectivity index (χ2v) is 9.20. The Bertz CT molecular complexity index is 1380. The van der Waals surface area contributed by atoms with Crippen LogP contribution in [0.5, 0.6) is 5.75 Å². The topological polar surface area (TPSA) is 134 Å². The van der Waals surface area contributed by atoms with E-state index in [0.717, 1.165) is 0 Å². The van der Waals surface area contributed by atoms with Crippen molar-refractivity contribution in [2.75, 3.05) is 20.3 Å². The summed E-state index contributed by atoms with van der Waals surface area (Å²) in [6, 6.07) is 12.9. The van der Waals surface area contributed by atoms with Crippen LogP contribution in [0.1, 0.15) is 50.2 Å². The zero-order valence-electron chi connectivity index (χ0n) is 22.2. The van der Waals surface area contributed by atoms with E-state index in [0.29, 0.717) is 28.3 Å². The number of carbonyl (C=O) groups is 3. The first kappa shape index (κ1) is 27.6. The zero-order chi connectivity index (χ0) is 28.3. The Labute approximate surface area is 225 Å². The maximum Gasteiger partial charge on any atom is 0.336 e. The number of methoxy groups -OCH3 is 1. The molecule has 0 unspecified atom stereocenters. The van der Waals surface area contributed by atoms with Gasteiger partial charge < -0.3 is 19.5 Å². The minimum absolute atomic E-state index is 0.0876. The number of rotatable bonds is 8. The molecule has 2 aromatic rings. The average Bonchev–Trinajstić information content (AvgIpc) is 2.92. The van der Waals surface area contributed by atoms with Gasteiger partial charge in [0.1, 0.15) is 11.7 Å². The number of benzene rings is 2. The van der Waals surface area contributed by atoms with Crippen molar-refractivity contribution in [1.29, 1.82) is 0 Å². The van der Waals surface area contributed by atoms with Crippen molar-refractivity contribution in [3.63, 3.8) is 0 Å². The fourth-order valence-electron chi connectivity index (χ4n) is 5.40. The molecule has 0 amide bonds. The third-order valence-electron chi connectivity index (χ3n) is 7.03. The van der Waals surface area contributed by atoms with Crippen molar-refractivity contribution in [2.24, 2.45) is 5.92 Å². The number of Topliss-reactive ketones (excluding diaryl/α,β-unsaturated/α-hetero) is 1. The van der Waals surface area contributed by atoms with Gasteiger partial charge in [-0.15, -0.1) is 0 Å². The molecular weight excluding hydrogens is 504 g/mol. The number of nitrogens with one attached hydrogen (secondary N) is 1. The summed E-state index contributed by atoms with van der Waals surface area (Å²) in [5, 5.41) is 14.5. The van der Waals surface area contributed by atoms with Gasteiger partial charge in [0.05, 0.1) is 30.8 Å². The van der Waals surface area contributed by atoms with Crippen LogP contribution in [0.25, 0.3) is 0 Å². The highest BCUT2D eigenvalue weighted by molar-refractivity contribution is 6.13. The zero-order valence-corrected chi connectivity index (χ0v) is 22.2. The standard InChI is InChI=1S/C29H30N2O8/c1-5-38-28(33)23-16(3)30-21-15-20(19-9-7-8-10-22(19)37-4)25(29(34)39-6-2)27(32)26(21)24(23)17-11-13-18(14-12-17)31(35)36/h7-14,20,24-25,30H,5-6,15H2,1-4H3/t20-,24+,25+/m0/s1. The van der Waals surface area contributed by atoms with Crippen LogP contribution in [0.2, 0.25) is 0 Å². The van der Waals surface area contributed by atoms with Gasteiger partial charge >= 0.3 is 11.9 Å². The first-order valence-electron chi connectivity index (χ1n) is 12.7. The molecule has 10 heteroatoms. The lowest BCUT2D eigenvalue weighted by Gasteiger charge is -2.39. The van der Waals surface area contributed by atoms with Crippen LogP contribution in [0.15, 0.2) is 71.1 Å². The fraction of sp³-hybridized carbons (Fsp3) is 0.345. The van der Waals surface area contributed by atoms with Crippen LogP contribution in [-0.2, 0) is 23.9 Å². The Morgan fingerprint density at radius 1 is 1.05 bits per heavy atom. The molecule has 0 saturated heterocycles. The first-order valence-corrected chi connectivity index (χ1v) is 12.7. The molecule has 2 aromatic carbocycles. The number of para-hydroxylation sites is 1. The molecule has 10 nitrogen and oxygen atoms in total. The number of non-ortho nitro benzene ring substituents is 1. The van der Waals surface area contributed by atoms with Crippen molar-refractivity contribution in [3.05, 3.63) is 92.3 Å². The van der Waals surface area contributed by atoms with Gasteiger partial charge in [-0.1, -0.05) is 30.3 Å². The van der Waals surface area contributed by atoms with E-state index in [4.69, 9.17) is 14.2 Å². The number of hydrogen-bond donors (Lipinski definition) is 1. The molecule has 3 atom stereocenters. The molecule has 1 N–H and O–H groups in total. The number of allylic oxidation sites excluding steroid dienone is 3. The molecule has 1 aliphatic carbocycles. The average molecular weight is 535 g/mol. The monoisotopic (exact) mass is 534 g/mol. The molecule has 0 bridgehead atoms. The predicted octanol–water partition coefficient (Wildman–Crippen LogP) is 4.32. The molecule has 204 valence electrons. The lowest BCUT2D eigenvalue weighted by molar-refractivity contribution is -0.384. The molecule has 4 rings (SSSR count). The largest absolute Gasteiger partial charge is 0.496 e. The Kier molecular flexibility index (Phi) is 8.13. The van der Waals surface area contributed by atoms with E-state index in [-0.39, 0.29) is 36.5 Å². The second-order valence-electron chi connectivity index (χ2n) is 9.20. The van der Waals surface area contributed by atoms with E-state index in [9.17, 15) is 24.5 Å². The molecule has 0 fully saturated rings. The molecule has 0 saturated carbocycles. The highest BCUT2D eigenvalue weighted by Crippen LogP contribution is 2.49. The van der Waals surface area contributed by atoms with E-state index in [1.807, 2.05) is 12.1 Å². The number of nitro benzene ring substituents is 1. The maximum atomic E-state index is 14.3. The highest BCUT2D eigenvalue weighted by Gasteiger charge is 2.49. The van der Waals surface area contributed by atoms with E-state index in [1.165, 1.54) is 31.4 Å². The number of carbonyl (C=O) groups excluding carboxylic acids is 3. The summed E-state index contributed by atoms with van der Waals surface area (Å²) in [6.45, 7) is 5.26. The number of esters is 2. The number of hydrogen-bond acceptors (Lipinski definition) is 9. The molecule has 1 heterocycles. The summed E-state index contributed by atoms with van der Waals surface area (Å²) in [7, 11) is 1.52. The van der Waals surface area contributed by atoms with E-state index in [2.05, 4.69) is 5.32 Å². The summed E-state index contributed by atoms with van der Waals surface area (Å²) >= 11 is 0. The van der Waals surface area contributed by atoms with Crippen LogP contribution in [0, 0.1) is 16.0 Å². The normalized spacial score (nSPS) is 20.6. The molecule has 0 radical (unpaired) electrons. The smallest absolute Gasteiger partial charge is 0.336 e. The molecule has 2 aliphatic rings. The summed E-state index contributed by atoms with van der Waals surface area (Å²) in [5.41, 5.74) is 2.55. The fourth-order valence-corrected chi connectivity index (χ4v) is 5.40. The SMILES string of the molecule is CCOC(=O)C1=C(C)NC2=C(C(=O)[C@H](C(=O)OCC)[C@H](c3ccccc3OC)C2)[C@@H]1c1ccc([N+](=O)[O-])cc1. The van der Waals surface area contributed by atoms with E-state index < -0.39 is 40.4 Å². The van der Waals surface area contributed by atoms with Crippen molar-refractivity contribution >= 4 is 23.4 Å². The van der Waals surface area contributed by atoms with Crippen LogP contribution in [0.3, 0.4) is 0 Å². The van der Waals surface area contributed by atoms with Crippen molar-refractivity contribution in [3.8, 4) is 5.75 Å². The van der Waals surface area contributed by atoms with Crippen molar-refractivity contribution < 1.29 is 33.5 Å². The van der Waals surface area contributed by atoms with Crippen molar-refractivity contribution in [2.45, 2.75) is 39.0 Å². The Morgan fingerprint density at radius 2 is 1.72 bits per heavy atom. The van der Waals surface area contributed by atoms with Gasteiger partial charge in [-0.2, -0.15) is 0 Å². The minimum Gasteiger partial charge on any atom is -0.496 e. The number of ether oxygens (including phenoxy) is 3. The molecule has 0 aromatic heterocycles. The Balaban J connectivity index is 1.92. The van der Waals surface area contributed by atoms with Gasteiger partial charge in [0.15, 0.2) is 5.78 Å². The molecular formula is C29H30N2O8. The number of ketones is 1. The van der Waals surface area contributed by atoms with E-state index in [1.54, 1.807) is 32.9 Å². The van der Waals surface area contributed by atoms with Gasteiger partial charge in [-0.3, -0.25) is 19.7 Å². The van der Waals surface area contributed by atoms with Crippen LogP contribution in [-0.4, -0.2) is 43.0 Å². The van der Waals surface area contributed by atoms with Crippen LogP contribution < -0.4 is 10.1 Å². The van der Waals surface area contributed by atoms with Gasteiger partial charge in [0.25, 0.3) is 5.69 Å². The summed E-state index contributed by atoms with van der Waals surface area (Å²) in [5.74, 6) is -3.92. The lowest BCUT2D eigenvalue weighted by atomic mass is 9.67. The van der Waals surface area contributed by atoms with Gasteiger partial charge in [-0.05, 0) is 44.4 Å². The highest BCUT2D eigenvalue weighted by atomic mass is 16.6. The Morgan fingerprint density at radius 3 is 2.33 bits per heavy atom. The minimum atomic E-state index is -1.19. The molecule has 0 spiro atoms. The number of nitro groups is 1. The third kappa shape index (κ3) is 5.14. The van der Waals surface area contributed by atoms with Gasteiger partial charge in [-0.25, -0.2) is 4.79 Å². The van der Waals surface area contributed by atoms with E-state index >= 15 is 0 Å². The first-order chi connectivity index (χ1) is 18.7. The van der Waals surface area contributed by atoms with Crippen molar-refractivity contribution in [1.82, 2.24) is 5.32 Å². The molecule has 1 aliphatic heterocycles. The van der Waals surface area contributed by atoms with Crippen LogP contribution >= 0.6 is 0 Å². The second kappa shape index (κ2) is 11.5. The summed E-state index contributed by atoms with van der Waals surface area (Å²) in [6.07, 6.45) is 0.266. The summed E-state index contributed by atoms with van der Waals surface area (Å²) < 4.78 is 16.2.